The van der Waals surface area contributed by atoms with Crippen LogP contribution in [-0.4, -0.2) is 18.0 Å². The van der Waals surface area contributed by atoms with Crippen molar-refractivity contribution in [1.82, 2.24) is 5.32 Å². The third kappa shape index (κ3) is 5.96. The number of benzene rings is 2. The smallest absolute Gasteiger partial charge is 0.130 e. The standard InChI is InChI=1S/C24H32N2O2/c1-7-25-16-26-15-20-11-19(5)23(12-18(20)4)28-22-10-8-9-21(13-22)24(6,27)14-17(2)3/h8-13,16,27H,2,7,14-15H2,1,3-6H3,(H,25,26). The Labute approximate surface area is 169 Å². The molecule has 0 saturated heterocycles. The number of aryl methyl sites for hydroxylation is 2. The average Bonchev–Trinajstić information content (AvgIpc) is 2.61. The molecule has 1 unspecified atom stereocenters. The number of rotatable bonds is 9. The zero-order valence-electron chi connectivity index (χ0n) is 17.7. The Bertz CT molecular complexity index is 854. The minimum absolute atomic E-state index is 0.511. The molecule has 2 aromatic rings. The van der Waals surface area contributed by atoms with Gasteiger partial charge >= 0.3 is 0 Å². The van der Waals surface area contributed by atoms with E-state index in [0.717, 1.165) is 34.6 Å². The molecule has 0 radical (unpaired) electrons. The van der Waals surface area contributed by atoms with E-state index in [9.17, 15) is 5.11 Å². The van der Waals surface area contributed by atoms with Crippen LogP contribution in [0.3, 0.4) is 0 Å². The third-order valence-electron chi connectivity index (χ3n) is 4.61. The van der Waals surface area contributed by atoms with Crippen molar-refractivity contribution >= 4 is 6.34 Å². The molecule has 0 amide bonds. The molecular weight excluding hydrogens is 348 g/mol. The Balaban J connectivity index is 2.21. The first-order valence-corrected chi connectivity index (χ1v) is 9.70. The number of aliphatic imine (C=N–C) groups is 1. The van der Waals surface area contributed by atoms with Crippen molar-refractivity contribution in [3.63, 3.8) is 0 Å². The summed E-state index contributed by atoms with van der Waals surface area (Å²) in [5.74, 6) is 1.52. The van der Waals surface area contributed by atoms with E-state index in [2.05, 4.69) is 29.9 Å². The van der Waals surface area contributed by atoms with Gasteiger partial charge in [0.2, 0.25) is 0 Å². The molecule has 4 nitrogen and oxygen atoms in total. The van der Waals surface area contributed by atoms with Crippen molar-refractivity contribution in [2.75, 3.05) is 6.54 Å². The lowest BCUT2D eigenvalue weighted by Gasteiger charge is -2.24. The van der Waals surface area contributed by atoms with E-state index >= 15 is 0 Å². The molecule has 0 saturated carbocycles. The second-order valence-electron chi connectivity index (χ2n) is 7.61. The Hall–Kier alpha value is -2.59. The van der Waals surface area contributed by atoms with Crippen LogP contribution in [-0.2, 0) is 12.1 Å². The third-order valence-corrected chi connectivity index (χ3v) is 4.61. The maximum Gasteiger partial charge on any atom is 0.130 e. The van der Waals surface area contributed by atoms with Gasteiger partial charge in [0, 0.05) is 13.0 Å². The van der Waals surface area contributed by atoms with Crippen molar-refractivity contribution < 1.29 is 9.84 Å². The van der Waals surface area contributed by atoms with Crippen molar-refractivity contribution in [2.24, 2.45) is 4.99 Å². The molecule has 0 aliphatic carbocycles. The van der Waals surface area contributed by atoms with E-state index in [1.165, 1.54) is 5.56 Å². The molecule has 28 heavy (non-hydrogen) atoms. The highest BCUT2D eigenvalue weighted by molar-refractivity contribution is 5.54. The van der Waals surface area contributed by atoms with Crippen molar-refractivity contribution in [1.29, 1.82) is 0 Å². The molecular formula is C24H32N2O2. The van der Waals surface area contributed by atoms with Crippen LogP contribution in [0.25, 0.3) is 0 Å². The molecule has 150 valence electrons. The molecule has 0 aliphatic rings. The number of nitrogens with zero attached hydrogens (tertiary/aromatic N) is 1. The summed E-state index contributed by atoms with van der Waals surface area (Å²) in [5, 5.41) is 13.9. The van der Waals surface area contributed by atoms with Crippen molar-refractivity contribution in [3.05, 3.63) is 70.8 Å². The topological polar surface area (TPSA) is 53.9 Å². The maximum atomic E-state index is 10.8. The highest BCUT2D eigenvalue weighted by atomic mass is 16.5. The lowest BCUT2D eigenvalue weighted by Crippen LogP contribution is -2.21. The molecule has 1 atom stereocenters. The van der Waals surface area contributed by atoms with Crippen LogP contribution in [0.5, 0.6) is 11.5 Å². The summed E-state index contributed by atoms with van der Waals surface area (Å²) < 4.78 is 6.14. The van der Waals surface area contributed by atoms with Crippen LogP contribution < -0.4 is 10.1 Å². The van der Waals surface area contributed by atoms with Gasteiger partial charge in [-0.3, -0.25) is 4.99 Å². The van der Waals surface area contributed by atoms with Crippen LogP contribution in [0.15, 0.2) is 53.5 Å². The van der Waals surface area contributed by atoms with E-state index < -0.39 is 5.60 Å². The van der Waals surface area contributed by atoms with Gasteiger partial charge in [-0.2, -0.15) is 0 Å². The summed E-state index contributed by atoms with van der Waals surface area (Å²) in [6.45, 7) is 15.3. The van der Waals surface area contributed by atoms with Gasteiger partial charge in [-0.1, -0.05) is 23.8 Å². The Morgan fingerprint density at radius 3 is 2.68 bits per heavy atom. The Morgan fingerprint density at radius 2 is 2.00 bits per heavy atom. The molecule has 0 bridgehead atoms. The van der Waals surface area contributed by atoms with E-state index in [0.29, 0.717) is 18.7 Å². The van der Waals surface area contributed by atoms with Crippen LogP contribution in [0.2, 0.25) is 0 Å². The largest absolute Gasteiger partial charge is 0.457 e. The normalized spacial score (nSPS) is 13.4. The van der Waals surface area contributed by atoms with Gasteiger partial charge < -0.3 is 15.2 Å². The lowest BCUT2D eigenvalue weighted by molar-refractivity contribution is 0.0576. The van der Waals surface area contributed by atoms with Crippen LogP contribution >= 0.6 is 0 Å². The van der Waals surface area contributed by atoms with Crippen LogP contribution in [0.1, 0.15) is 49.4 Å². The monoisotopic (exact) mass is 380 g/mol. The molecule has 0 heterocycles. The number of ether oxygens (including phenoxy) is 1. The van der Waals surface area contributed by atoms with Gasteiger partial charge in [0.1, 0.15) is 11.5 Å². The quantitative estimate of drug-likeness (QED) is 0.347. The Morgan fingerprint density at radius 1 is 1.25 bits per heavy atom. The number of hydrogen-bond acceptors (Lipinski definition) is 3. The molecule has 0 fully saturated rings. The Kier molecular flexibility index (Phi) is 7.41. The summed E-state index contributed by atoms with van der Waals surface area (Å²) in [7, 11) is 0. The van der Waals surface area contributed by atoms with E-state index in [1.807, 2.05) is 51.1 Å². The highest BCUT2D eigenvalue weighted by Gasteiger charge is 2.23. The SMILES string of the molecule is C=C(C)CC(C)(O)c1cccc(Oc2cc(C)c(CN=CNCC)cc2C)c1. The van der Waals surface area contributed by atoms with E-state index in [4.69, 9.17) is 4.74 Å². The first-order valence-electron chi connectivity index (χ1n) is 9.70. The highest BCUT2D eigenvalue weighted by Crippen LogP contribution is 2.33. The lowest BCUT2D eigenvalue weighted by atomic mass is 9.90. The minimum atomic E-state index is -0.968. The molecule has 2 rings (SSSR count). The second kappa shape index (κ2) is 9.56. The molecule has 2 aromatic carbocycles. The number of aliphatic hydroxyl groups is 1. The second-order valence-corrected chi connectivity index (χ2v) is 7.61. The summed E-state index contributed by atoms with van der Waals surface area (Å²) >= 11 is 0. The van der Waals surface area contributed by atoms with Gasteiger partial charge in [0.25, 0.3) is 0 Å². The van der Waals surface area contributed by atoms with Gasteiger partial charge in [0.05, 0.1) is 18.5 Å². The number of hydrogen-bond donors (Lipinski definition) is 2. The summed E-state index contributed by atoms with van der Waals surface area (Å²) in [5.41, 5.74) is 4.16. The average molecular weight is 381 g/mol. The zero-order valence-corrected chi connectivity index (χ0v) is 17.7. The molecule has 0 spiro atoms. The minimum Gasteiger partial charge on any atom is -0.457 e. The van der Waals surface area contributed by atoms with Crippen molar-refractivity contribution in [2.45, 2.75) is 53.2 Å². The maximum absolute atomic E-state index is 10.8. The predicted octanol–water partition coefficient (Wildman–Crippen LogP) is 5.41. The van der Waals surface area contributed by atoms with E-state index in [-0.39, 0.29) is 0 Å². The zero-order chi connectivity index (χ0) is 20.7. The molecule has 4 heteroatoms. The summed E-state index contributed by atoms with van der Waals surface area (Å²) in [6.07, 6.45) is 2.26. The van der Waals surface area contributed by atoms with Crippen molar-refractivity contribution in [3.8, 4) is 11.5 Å². The summed E-state index contributed by atoms with van der Waals surface area (Å²) in [4.78, 5) is 4.40. The first-order chi connectivity index (χ1) is 13.2. The molecule has 0 aromatic heterocycles. The van der Waals surface area contributed by atoms with Gasteiger partial charge in [-0.05, 0) is 75.1 Å². The van der Waals surface area contributed by atoms with Gasteiger partial charge in [0.15, 0.2) is 0 Å². The summed E-state index contributed by atoms with van der Waals surface area (Å²) in [6, 6.07) is 11.8. The van der Waals surface area contributed by atoms with E-state index in [1.54, 1.807) is 13.3 Å². The van der Waals surface area contributed by atoms with Gasteiger partial charge in [-0.15, -0.1) is 6.58 Å². The molecule has 2 N–H and O–H groups in total. The predicted molar refractivity (Wildman–Crippen MR) is 117 cm³/mol. The first kappa shape index (κ1) is 21.7. The van der Waals surface area contributed by atoms with Crippen LogP contribution in [0.4, 0.5) is 0 Å². The fourth-order valence-electron chi connectivity index (χ4n) is 3.14. The molecule has 0 aliphatic heterocycles. The fraction of sp³-hybridized carbons (Fsp3) is 0.375. The van der Waals surface area contributed by atoms with Gasteiger partial charge in [-0.25, -0.2) is 0 Å². The number of nitrogens with one attached hydrogen (secondary N) is 1. The fourth-order valence-corrected chi connectivity index (χ4v) is 3.14. The van der Waals surface area contributed by atoms with Crippen LogP contribution in [0, 0.1) is 13.8 Å².